The van der Waals surface area contributed by atoms with Crippen LogP contribution in [0, 0.1) is 10.1 Å². The SMILES string of the molecule is O=[N+]([O-])c1cncn1Cc1ccccc1. The molecule has 1 aromatic heterocycles. The van der Waals surface area contributed by atoms with E-state index in [2.05, 4.69) is 4.98 Å². The van der Waals surface area contributed by atoms with E-state index in [1.54, 1.807) is 0 Å². The fourth-order valence-electron chi connectivity index (χ4n) is 1.37. The number of nitrogens with zero attached hydrogens (tertiary/aromatic N) is 3. The first-order valence-corrected chi connectivity index (χ1v) is 4.46. The number of rotatable bonds is 3. The van der Waals surface area contributed by atoms with Crippen molar-refractivity contribution in [1.29, 1.82) is 0 Å². The van der Waals surface area contributed by atoms with E-state index in [0.29, 0.717) is 6.54 Å². The Hall–Kier alpha value is -2.17. The quantitative estimate of drug-likeness (QED) is 0.564. The molecule has 0 saturated heterocycles. The minimum absolute atomic E-state index is 0.0128. The van der Waals surface area contributed by atoms with E-state index in [0.717, 1.165) is 5.56 Å². The average Bonchev–Trinajstić information content (AvgIpc) is 2.67. The summed E-state index contributed by atoms with van der Waals surface area (Å²) in [5, 5.41) is 10.6. The molecular formula is C10H9N3O2. The van der Waals surface area contributed by atoms with Crippen molar-refractivity contribution in [2.45, 2.75) is 6.54 Å². The fraction of sp³-hybridized carbons (Fsp3) is 0.100. The summed E-state index contributed by atoms with van der Waals surface area (Å²) in [6, 6.07) is 9.55. The topological polar surface area (TPSA) is 61.0 Å². The van der Waals surface area contributed by atoms with Gasteiger partial charge in [0.1, 0.15) is 12.7 Å². The van der Waals surface area contributed by atoms with Crippen LogP contribution in [-0.4, -0.2) is 14.5 Å². The van der Waals surface area contributed by atoms with Gasteiger partial charge in [-0.05, 0) is 10.5 Å². The lowest BCUT2D eigenvalue weighted by atomic mass is 10.2. The van der Waals surface area contributed by atoms with E-state index in [4.69, 9.17) is 0 Å². The van der Waals surface area contributed by atoms with Crippen molar-refractivity contribution in [3.63, 3.8) is 0 Å². The Morgan fingerprint density at radius 1 is 1.33 bits per heavy atom. The Balaban J connectivity index is 2.25. The predicted octanol–water partition coefficient (Wildman–Crippen LogP) is 1.84. The summed E-state index contributed by atoms with van der Waals surface area (Å²) in [5.41, 5.74) is 1.01. The first-order chi connectivity index (χ1) is 7.27. The summed E-state index contributed by atoms with van der Waals surface area (Å²) in [5.74, 6) is 0.0128. The van der Waals surface area contributed by atoms with Gasteiger partial charge in [-0.1, -0.05) is 30.3 Å². The summed E-state index contributed by atoms with van der Waals surface area (Å²) in [6.07, 6.45) is 2.72. The van der Waals surface area contributed by atoms with Gasteiger partial charge in [0, 0.05) is 0 Å². The molecular weight excluding hydrogens is 194 g/mol. The molecule has 2 aromatic rings. The van der Waals surface area contributed by atoms with Crippen LogP contribution in [0.15, 0.2) is 42.9 Å². The van der Waals surface area contributed by atoms with Gasteiger partial charge in [0.15, 0.2) is 6.33 Å². The summed E-state index contributed by atoms with van der Waals surface area (Å²) < 4.78 is 1.51. The number of aromatic nitrogens is 2. The lowest BCUT2D eigenvalue weighted by Crippen LogP contribution is -2.02. The summed E-state index contributed by atoms with van der Waals surface area (Å²) in [7, 11) is 0. The Morgan fingerprint density at radius 3 is 2.73 bits per heavy atom. The normalized spacial score (nSPS) is 10.1. The molecule has 15 heavy (non-hydrogen) atoms. The van der Waals surface area contributed by atoms with Gasteiger partial charge >= 0.3 is 5.82 Å². The third-order valence-electron chi connectivity index (χ3n) is 2.07. The van der Waals surface area contributed by atoms with Crippen molar-refractivity contribution in [2.75, 3.05) is 0 Å². The standard InChI is InChI=1S/C10H9N3O2/c14-13(15)10-6-11-8-12(10)7-9-4-2-1-3-5-9/h1-6,8H,7H2. The van der Waals surface area contributed by atoms with Crippen LogP contribution in [0.4, 0.5) is 5.82 Å². The maximum absolute atomic E-state index is 10.6. The molecule has 0 bridgehead atoms. The highest BCUT2D eigenvalue weighted by Gasteiger charge is 2.12. The first kappa shape index (κ1) is 9.39. The number of hydrogen-bond donors (Lipinski definition) is 0. The highest BCUT2D eigenvalue weighted by molar-refractivity contribution is 5.20. The molecule has 0 unspecified atom stereocenters. The van der Waals surface area contributed by atoms with E-state index < -0.39 is 4.92 Å². The lowest BCUT2D eigenvalue weighted by Gasteiger charge is -2.00. The van der Waals surface area contributed by atoms with Crippen molar-refractivity contribution >= 4 is 5.82 Å². The molecule has 0 radical (unpaired) electrons. The van der Waals surface area contributed by atoms with Gasteiger partial charge < -0.3 is 10.1 Å². The van der Waals surface area contributed by atoms with E-state index in [1.165, 1.54) is 17.1 Å². The number of nitro groups is 1. The molecule has 0 fully saturated rings. The molecule has 0 amide bonds. The molecule has 0 N–H and O–H groups in total. The molecule has 0 aliphatic rings. The van der Waals surface area contributed by atoms with Crippen LogP contribution in [-0.2, 0) is 6.54 Å². The van der Waals surface area contributed by atoms with Gasteiger partial charge in [0.25, 0.3) is 0 Å². The summed E-state index contributed by atoms with van der Waals surface area (Å²) in [4.78, 5) is 13.9. The van der Waals surface area contributed by atoms with E-state index in [1.807, 2.05) is 30.3 Å². The zero-order valence-corrected chi connectivity index (χ0v) is 7.91. The maximum Gasteiger partial charge on any atom is 0.342 e. The van der Waals surface area contributed by atoms with Crippen LogP contribution in [0.5, 0.6) is 0 Å². The van der Waals surface area contributed by atoms with Crippen LogP contribution in [0.3, 0.4) is 0 Å². The molecule has 76 valence electrons. The second-order valence-corrected chi connectivity index (χ2v) is 3.12. The van der Waals surface area contributed by atoms with E-state index in [-0.39, 0.29) is 5.82 Å². The average molecular weight is 203 g/mol. The van der Waals surface area contributed by atoms with E-state index in [9.17, 15) is 10.1 Å². The molecule has 0 aliphatic heterocycles. The molecule has 2 rings (SSSR count). The molecule has 1 aromatic carbocycles. The highest BCUT2D eigenvalue weighted by atomic mass is 16.6. The minimum Gasteiger partial charge on any atom is -0.358 e. The maximum atomic E-state index is 10.6. The smallest absolute Gasteiger partial charge is 0.342 e. The molecule has 5 heteroatoms. The van der Waals surface area contributed by atoms with Gasteiger partial charge in [-0.2, -0.15) is 0 Å². The zero-order chi connectivity index (χ0) is 10.7. The fourth-order valence-corrected chi connectivity index (χ4v) is 1.37. The summed E-state index contributed by atoms with van der Waals surface area (Å²) in [6.45, 7) is 0.469. The molecule has 0 aliphatic carbocycles. The van der Waals surface area contributed by atoms with E-state index >= 15 is 0 Å². The van der Waals surface area contributed by atoms with Crippen molar-refractivity contribution in [3.8, 4) is 0 Å². The van der Waals surface area contributed by atoms with Crippen LogP contribution in [0.2, 0.25) is 0 Å². The lowest BCUT2D eigenvalue weighted by molar-refractivity contribution is -0.392. The van der Waals surface area contributed by atoms with Gasteiger partial charge in [0.2, 0.25) is 0 Å². The molecule has 0 saturated carbocycles. The van der Waals surface area contributed by atoms with Crippen LogP contribution in [0.25, 0.3) is 0 Å². The van der Waals surface area contributed by atoms with Crippen LogP contribution >= 0.6 is 0 Å². The number of hydrogen-bond acceptors (Lipinski definition) is 3. The van der Waals surface area contributed by atoms with Gasteiger partial charge in [0.05, 0.1) is 0 Å². The molecule has 0 atom stereocenters. The first-order valence-electron chi connectivity index (χ1n) is 4.46. The van der Waals surface area contributed by atoms with Crippen LogP contribution < -0.4 is 0 Å². The largest absolute Gasteiger partial charge is 0.358 e. The third kappa shape index (κ3) is 2.01. The Morgan fingerprint density at radius 2 is 2.07 bits per heavy atom. The number of imidazole rings is 1. The van der Waals surface area contributed by atoms with Crippen molar-refractivity contribution < 1.29 is 4.92 Å². The second kappa shape index (κ2) is 3.91. The van der Waals surface area contributed by atoms with Gasteiger partial charge in [-0.15, -0.1) is 0 Å². The van der Waals surface area contributed by atoms with Crippen molar-refractivity contribution in [2.24, 2.45) is 0 Å². The van der Waals surface area contributed by atoms with Crippen molar-refractivity contribution in [1.82, 2.24) is 9.55 Å². The monoisotopic (exact) mass is 203 g/mol. The molecule has 0 spiro atoms. The third-order valence-corrected chi connectivity index (χ3v) is 2.07. The Kier molecular flexibility index (Phi) is 2.45. The highest BCUT2D eigenvalue weighted by Crippen LogP contribution is 2.12. The van der Waals surface area contributed by atoms with Gasteiger partial charge in [-0.25, -0.2) is 9.55 Å². The molecule has 1 heterocycles. The number of benzene rings is 1. The Bertz CT molecular complexity index is 465. The minimum atomic E-state index is -0.435. The second-order valence-electron chi connectivity index (χ2n) is 3.12. The van der Waals surface area contributed by atoms with Gasteiger partial charge in [-0.3, -0.25) is 0 Å². The van der Waals surface area contributed by atoms with Crippen molar-refractivity contribution in [3.05, 3.63) is 58.5 Å². The summed E-state index contributed by atoms with van der Waals surface area (Å²) >= 11 is 0. The zero-order valence-electron chi connectivity index (χ0n) is 7.91. The van der Waals surface area contributed by atoms with Crippen LogP contribution in [0.1, 0.15) is 5.56 Å². The predicted molar refractivity (Wildman–Crippen MR) is 54.4 cm³/mol. The molecule has 5 nitrogen and oxygen atoms in total. The Labute approximate surface area is 86.1 Å².